The van der Waals surface area contributed by atoms with Gasteiger partial charge in [-0.25, -0.2) is 4.98 Å². The predicted molar refractivity (Wildman–Crippen MR) is 118 cm³/mol. The highest BCUT2D eigenvalue weighted by molar-refractivity contribution is 7.99. The summed E-state index contributed by atoms with van der Waals surface area (Å²) in [5.41, 5.74) is 2.25. The van der Waals surface area contributed by atoms with Crippen LogP contribution in [0.25, 0.3) is 0 Å². The minimum atomic E-state index is -0.0794. The number of Topliss-reactive ketones (excluding diaryl/α,β-unsaturated/α-hetero) is 1. The van der Waals surface area contributed by atoms with Crippen LogP contribution >= 0.6 is 11.8 Å². The van der Waals surface area contributed by atoms with Gasteiger partial charge >= 0.3 is 0 Å². The number of rotatable bonds is 8. The molecule has 1 saturated heterocycles. The molecule has 0 aliphatic carbocycles. The molecule has 29 heavy (non-hydrogen) atoms. The van der Waals surface area contributed by atoms with Crippen molar-refractivity contribution in [3.63, 3.8) is 0 Å². The molecule has 0 radical (unpaired) electrons. The fraction of sp³-hybridized carbons (Fsp3) is 0.409. The summed E-state index contributed by atoms with van der Waals surface area (Å²) in [7, 11) is 1.60. The lowest BCUT2D eigenvalue weighted by Crippen LogP contribution is -2.30. The first-order valence-corrected chi connectivity index (χ1v) is 11.0. The molecule has 1 fully saturated rings. The van der Waals surface area contributed by atoms with Gasteiger partial charge in [0.1, 0.15) is 11.6 Å². The van der Waals surface area contributed by atoms with Crippen LogP contribution in [0.15, 0.2) is 36.5 Å². The summed E-state index contributed by atoms with van der Waals surface area (Å²) in [5, 5.41) is 2.89. The van der Waals surface area contributed by atoms with Gasteiger partial charge in [0.05, 0.1) is 24.7 Å². The molecule has 6 nitrogen and oxygen atoms in total. The first-order chi connectivity index (χ1) is 14.1. The average Bonchev–Trinajstić information content (AvgIpc) is 2.74. The SMILES string of the molecule is COc1ccc(C(C)=O)cc1CSCC(=O)Nc1ccc(N2CCCCC2)nc1. The number of thioether (sulfide) groups is 1. The van der Waals surface area contributed by atoms with Crippen LogP contribution in [-0.2, 0) is 10.5 Å². The van der Waals surface area contributed by atoms with Gasteiger partial charge in [-0.15, -0.1) is 11.8 Å². The minimum Gasteiger partial charge on any atom is -0.496 e. The van der Waals surface area contributed by atoms with Gasteiger partial charge in [-0.05, 0) is 56.5 Å². The third-order valence-electron chi connectivity index (χ3n) is 4.89. The molecule has 0 spiro atoms. The first-order valence-electron chi connectivity index (χ1n) is 9.83. The number of ketones is 1. The summed E-state index contributed by atoms with van der Waals surface area (Å²) in [4.78, 5) is 30.6. The molecule has 1 amide bonds. The molecule has 1 N–H and O–H groups in total. The number of hydrogen-bond donors (Lipinski definition) is 1. The van der Waals surface area contributed by atoms with Crippen molar-refractivity contribution >= 4 is 35.0 Å². The molecule has 7 heteroatoms. The highest BCUT2D eigenvalue weighted by atomic mass is 32.2. The van der Waals surface area contributed by atoms with Crippen molar-refractivity contribution in [3.05, 3.63) is 47.7 Å². The van der Waals surface area contributed by atoms with Gasteiger partial charge in [0, 0.05) is 30.0 Å². The number of carbonyl (C=O) groups excluding carboxylic acids is 2. The number of aromatic nitrogens is 1. The standard InChI is InChI=1S/C22H27N3O3S/c1-16(26)17-6-8-20(28-2)18(12-17)14-29-15-22(27)24-19-7-9-21(23-13-19)25-10-4-3-5-11-25/h6-9,12-13H,3-5,10-11,14-15H2,1-2H3,(H,24,27). The van der Waals surface area contributed by atoms with Crippen molar-refractivity contribution in [1.82, 2.24) is 4.98 Å². The third kappa shape index (κ3) is 5.97. The zero-order valence-electron chi connectivity index (χ0n) is 16.9. The van der Waals surface area contributed by atoms with Gasteiger partial charge in [0.2, 0.25) is 5.91 Å². The lowest BCUT2D eigenvalue weighted by molar-refractivity contribution is -0.113. The number of nitrogens with one attached hydrogen (secondary N) is 1. The van der Waals surface area contributed by atoms with Crippen LogP contribution in [0, 0.1) is 0 Å². The van der Waals surface area contributed by atoms with Crippen LogP contribution in [-0.4, -0.2) is 42.6 Å². The molecule has 1 aliphatic heterocycles. The molecule has 154 valence electrons. The van der Waals surface area contributed by atoms with Gasteiger partial charge < -0.3 is 15.0 Å². The van der Waals surface area contributed by atoms with Crippen LogP contribution in [0.1, 0.15) is 42.1 Å². The molecular formula is C22H27N3O3S. The Balaban J connectivity index is 1.50. The van der Waals surface area contributed by atoms with Crippen molar-refractivity contribution in [2.75, 3.05) is 36.2 Å². The number of ether oxygens (including phenoxy) is 1. The van der Waals surface area contributed by atoms with Crippen molar-refractivity contribution in [2.24, 2.45) is 0 Å². The third-order valence-corrected chi connectivity index (χ3v) is 5.87. The number of anilines is 2. The average molecular weight is 414 g/mol. The molecular weight excluding hydrogens is 386 g/mol. The van der Waals surface area contributed by atoms with E-state index in [1.807, 2.05) is 18.2 Å². The van der Waals surface area contributed by atoms with E-state index in [4.69, 9.17) is 4.74 Å². The maximum absolute atomic E-state index is 12.3. The van der Waals surface area contributed by atoms with E-state index >= 15 is 0 Å². The van der Waals surface area contributed by atoms with E-state index in [-0.39, 0.29) is 11.7 Å². The Morgan fingerprint density at radius 2 is 1.97 bits per heavy atom. The molecule has 2 heterocycles. The summed E-state index contributed by atoms with van der Waals surface area (Å²) in [5.74, 6) is 2.52. The zero-order chi connectivity index (χ0) is 20.6. The lowest BCUT2D eigenvalue weighted by Gasteiger charge is -2.27. The zero-order valence-corrected chi connectivity index (χ0v) is 17.8. The van der Waals surface area contributed by atoms with Crippen molar-refractivity contribution < 1.29 is 14.3 Å². The number of amides is 1. The number of methoxy groups -OCH3 is 1. The van der Waals surface area contributed by atoms with Gasteiger partial charge in [0.25, 0.3) is 0 Å². The molecule has 0 saturated carbocycles. The number of piperidine rings is 1. The normalized spacial score (nSPS) is 13.8. The van der Waals surface area contributed by atoms with E-state index < -0.39 is 0 Å². The van der Waals surface area contributed by atoms with E-state index in [1.165, 1.54) is 37.9 Å². The molecule has 1 aromatic carbocycles. The van der Waals surface area contributed by atoms with Crippen molar-refractivity contribution in [1.29, 1.82) is 0 Å². The van der Waals surface area contributed by atoms with Crippen molar-refractivity contribution in [2.45, 2.75) is 31.9 Å². The minimum absolute atomic E-state index is 0.0112. The fourth-order valence-corrected chi connectivity index (χ4v) is 4.14. The predicted octanol–water partition coefficient (Wildman–Crippen LogP) is 4.16. The van der Waals surface area contributed by atoms with Gasteiger partial charge in [0.15, 0.2) is 5.78 Å². The second-order valence-electron chi connectivity index (χ2n) is 7.08. The maximum atomic E-state index is 12.3. The molecule has 3 rings (SSSR count). The lowest BCUT2D eigenvalue weighted by atomic mass is 10.1. The highest BCUT2D eigenvalue weighted by Crippen LogP contribution is 2.25. The topological polar surface area (TPSA) is 71.5 Å². The monoisotopic (exact) mass is 413 g/mol. The Labute approximate surface area is 176 Å². The summed E-state index contributed by atoms with van der Waals surface area (Å²) in [6.45, 7) is 3.63. The Morgan fingerprint density at radius 1 is 1.17 bits per heavy atom. The van der Waals surface area contributed by atoms with E-state index in [2.05, 4.69) is 15.2 Å². The molecule has 1 aliphatic rings. The second-order valence-corrected chi connectivity index (χ2v) is 8.06. The first kappa shape index (κ1) is 21.2. The van der Waals surface area contributed by atoms with E-state index in [9.17, 15) is 9.59 Å². The summed E-state index contributed by atoms with van der Waals surface area (Å²) in [6, 6.07) is 9.24. The van der Waals surface area contributed by atoms with Crippen LogP contribution in [0.5, 0.6) is 5.75 Å². The van der Waals surface area contributed by atoms with E-state index in [1.54, 1.807) is 25.4 Å². The van der Waals surface area contributed by atoms with Crippen LogP contribution in [0.4, 0.5) is 11.5 Å². The Hall–Kier alpha value is -2.54. The summed E-state index contributed by atoms with van der Waals surface area (Å²) >= 11 is 1.48. The number of carbonyl (C=O) groups is 2. The second kappa shape index (κ2) is 10.3. The number of pyridine rings is 1. The van der Waals surface area contributed by atoms with Crippen LogP contribution in [0.3, 0.4) is 0 Å². The van der Waals surface area contributed by atoms with Crippen LogP contribution in [0.2, 0.25) is 0 Å². The Bertz CT molecular complexity index is 849. The summed E-state index contributed by atoms with van der Waals surface area (Å²) in [6.07, 6.45) is 5.41. The number of benzene rings is 1. The Kier molecular flexibility index (Phi) is 7.52. The Morgan fingerprint density at radius 3 is 2.62 bits per heavy atom. The van der Waals surface area contributed by atoms with Gasteiger partial charge in [-0.1, -0.05) is 0 Å². The maximum Gasteiger partial charge on any atom is 0.234 e. The van der Waals surface area contributed by atoms with Crippen LogP contribution < -0.4 is 15.0 Å². The number of nitrogens with zero attached hydrogens (tertiary/aromatic N) is 2. The smallest absolute Gasteiger partial charge is 0.234 e. The van der Waals surface area contributed by atoms with Crippen molar-refractivity contribution in [3.8, 4) is 5.75 Å². The molecule has 0 unspecified atom stereocenters. The van der Waals surface area contributed by atoms with E-state index in [0.29, 0.717) is 22.8 Å². The molecule has 0 bridgehead atoms. The van der Waals surface area contributed by atoms with Gasteiger partial charge in [-0.2, -0.15) is 0 Å². The number of hydrogen-bond acceptors (Lipinski definition) is 6. The van der Waals surface area contributed by atoms with E-state index in [0.717, 1.165) is 30.2 Å². The van der Waals surface area contributed by atoms with Gasteiger partial charge in [-0.3, -0.25) is 9.59 Å². The quantitative estimate of drug-likeness (QED) is 0.656. The largest absolute Gasteiger partial charge is 0.496 e. The molecule has 2 aromatic rings. The summed E-state index contributed by atoms with van der Waals surface area (Å²) < 4.78 is 5.36. The fourth-order valence-electron chi connectivity index (χ4n) is 3.33. The highest BCUT2D eigenvalue weighted by Gasteiger charge is 2.12. The molecule has 1 aromatic heterocycles. The molecule has 0 atom stereocenters.